The lowest BCUT2D eigenvalue weighted by Gasteiger charge is -2.27. The number of alkyl halides is 2. The zero-order valence-electron chi connectivity index (χ0n) is 16.1. The Balaban J connectivity index is 2.07. The lowest BCUT2D eigenvalue weighted by atomic mass is 10.0. The second-order valence-electron chi connectivity index (χ2n) is 6.70. The Morgan fingerprint density at radius 2 is 2.07 bits per heavy atom. The molecule has 7 nitrogen and oxygen atoms in total. The van der Waals surface area contributed by atoms with Gasteiger partial charge in [-0.05, 0) is 36.8 Å². The molecule has 0 aliphatic rings. The van der Waals surface area contributed by atoms with Gasteiger partial charge in [-0.25, -0.2) is 4.98 Å². The largest absolute Gasteiger partial charge is 0.481 e. The van der Waals surface area contributed by atoms with E-state index in [2.05, 4.69) is 21.5 Å². The maximum Gasteiger partial charge on any atom is 0.321 e. The van der Waals surface area contributed by atoms with Crippen LogP contribution in [0, 0.1) is 11.3 Å². The van der Waals surface area contributed by atoms with E-state index in [1.54, 1.807) is 54.3 Å². The number of nitrogens with zero attached hydrogens (tertiary/aromatic N) is 4. The van der Waals surface area contributed by atoms with Gasteiger partial charge >= 0.3 is 5.92 Å². The van der Waals surface area contributed by atoms with Gasteiger partial charge in [0.2, 0.25) is 5.88 Å². The highest BCUT2D eigenvalue weighted by molar-refractivity contribution is 5.83. The lowest BCUT2D eigenvalue weighted by molar-refractivity contribution is -0.143. The molecule has 0 saturated carbocycles. The molecular formula is C20H19F2N5O2. The number of hydrogen-bond acceptors (Lipinski definition) is 5. The van der Waals surface area contributed by atoms with Crippen LogP contribution in [0.3, 0.4) is 0 Å². The number of fused-ring (bicyclic) bond motifs is 1. The molecule has 0 spiro atoms. The molecular weight excluding hydrogens is 380 g/mol. The summed E-state index contributed by atoms with van der Waals surface area (Å²) in [6.07, 6.45) is 3.14. The highest BCUT2D eigenvalue weighted by atomic mass is 19.3. The number of benzene rings is 1. The Morgan fingerprint density at radius 1 is 1.31 bits per heavy atom. The van der Waals surface area contributed by atoms with Gasteiger partial charge in [0.15, 0.2) is 0 Å². The quantitative estimate of drug-likeness (QED) is 0.688. The van der Waals surface area contributed by atoms with Crippen LogP contribution in [0.5, 0.6) is 5.88 Å². The Hall–Kier alpha value is -3.54. The number of rotatable bonds is 6. The summed E-state index contributed by atoms with van der Waals surface area (Å²) >= 11 is 0. The molecule has 29 heavy (non-hydrogen) atoms. The molecule has 0 fully saturated rings. The molecule has 1 amide bonds. The molecule has 2 atom stereocenters. The fourth-order valence-corrected chi connectivity index (χ4v) is 3.09. The molecule has 1 aromatic carbocycles. The molecule has 0 aliphatic heterocycles. The SMILES string of the molecule is COc1ccc([C@@H]([C@H](C)NC(=O)C(C)(F)F)n2ncc3cc(C#N)ccc32)cn1. The number of nitriles is 1. The van der Waals surface area contributed by atoms with Gasteiger partial charge in [-0.1, -0.05) is 0 Å². The Labute approximate surface area is 165 Å². The standard InChI is InChI=1S/C20H19F2N5O2/c1-12(26-19(28)20(2,21)22)18(14-5-7-17(29-3)24-10-14)27-16-6-4-13(9-23)8-15(16)11-25-27/h4-8,10-12,18H,1-3H3,(H,26,28)/t12-,18+/m0/s1. The number of amides is 1. The number of pyridine rings is 1. The first kappa shape index (κ1) is 20.2. The topological polar surface area (TPSA) is 92.8 Å². The summed E-state index contributed by atoms with van der Waals surface area (Å²) in [5.41, 5.74) is 1.81. The van der Waals surface area contributed by atoms with Crippen LogP contribution >= 0.6 is 0 Å². The first-order chi connectivity index (χ1) is 13.7. The van der Waals surface area contributed by atoms with Crippen molar-refractivity contribution >= 4 is 16.8 Å². The van der Waals surface area contributed by atoms with E-state index < -0.39 is 23.9 Å². The van der Waals surface area contributed by atoms with Crippen LogP contribution in [0.4, 0.5) is 8.78 Å². The van der Waals surface area contributed by atoms with Gasteiger partial charge in [0.05, 0.1) is 42.5 Å². The van der Waals surface area contributed by atoms with Crippen LogP contribution in [0.25, 0.3) is 10.9 Å². The van der Waals surface area contributed by atoms with Crippen molar-refractivity contribution in [2.45, 2.75) is 31.9 Å². The van der Waals surface area contributed by atoms with Crippen molar-refractivity contribution in [1.29, 1.82) is 5.26 Å². The van der Waals surface area contributed by atoms with Crippen molar-refractivity contribution in [3.63, 3.8) is 0 Å². The van der Waals surface area contributed by atoms with E-state index in [1.165, 1.54) is 7.11 Å². The number of methoxy groups -OCH3 is 1. The Morgan fingerprint density at radius 3 is 2.66 bits per heavy atom. The maximum absolute atomic E-state index is 13.4. The third-order valence-electron chi connectivity index (χ3n) is 4.53. The summed E-state index contributed by atoms with van der Waals surface area (Å²) < 4.78 is 33.5. The first-order valence-electron chi connectivity index (χ1n) is 8.80. The van der Waals surface area contributed by atoms with Crippen LogP contribution in [-0.2, 0) is 4.79 Å². The molecule has 1 N–H and O–H groups in total. The zero-order chi connectivity index (χ0) is 21.2. The van der Waals surface area contributed by atoms with Crippen LogP contribution in [-0.4, -0.2) is 39.7 Å². The van der Waals surface area contributed by atoms with Gasteiger partial charge in [0.1, 0.15) is 0 Å². The van der Waals surface area contributed by atoms with Crippen molar-refractivity contribution < 1.29 is 18.3 Å². The van der Waals surface area contributed by atoms with Crippen molar-refractivity contribution in [2.75, 3.05) is 7.11 Å². The van der Waals surface area contributed by atoms with Crippen LogP contribution in [0.1, 0.15) is 31.0 Å². The minimum Gasteiger partial charge on any atom is -0.481 e. The van der Waals surface area contributed by atoms with E-state index in [0.717, 1.165) is 5.39 Å². The third kappa shape index (κ3) is 4.16. The summed E-state index contributed by atoms with van der Waals surface area (Å²) in [5.74, 6) is -4.49. The molecule has 2 aromatic heterocycles. The maximum atomic E-state index is 13.4. The number of halogens is 2. The van der Waals surface area contributed by atoms with Crippen LogP contribution < -0.4 is 10.1 Å². The minimum absolute atomic E-state index is 0.397. The number of carbonyl (C=O) groups is 1. The highest BCUT2D eigenvalue weighted by Crippen LogP contribution is 2.28. The minimum atomic E-state index is -3.51. The van der Waals surface area contributed by atoms with Crippen molar-refractivity contribution in [1.82, 2.24) is 20.1 Å². The molecule has 3 aromatic rings. The summed E-state index contributed by atoms with van der Waals surface area (Å²) in [6.45, 7) is 2.17. The molecule has 0 radical (unpaired) electrons. The lowest BCUT2D eigenvalue weighted by Crippen LogP contribution is -2.46. The van der Waals surface area contributed by atoms with Crippen molar-refractivity contribution in [3.05, 3.63) is 53.9 Å². The highest BCUT2D eigenvalue weighted by Gasteiger charge is 2.35. The van der Waals surface area contributed by atoms with Gasteiger partial charge in [-0.2, -0.15) is 19.1 Å². The second-order valence-corrected chi connectivity index (χ2v) is 6.70. The van der Waals surface area contributed by atoms with Gasteiger partial charge in [-0.15, -0.1) is 0 Å². The van der Waals surface area contributed by atoms with Crippen molar-refractivity contribution in [3.8, 4) is 11.9 Å². The predicted molar refractivity (Wildman–Crippen MR) is 102 cm³/mol. The molecule has 0 aliphatic carbocycles. The van der Waals surface area contributed by atoms with E-state index in [1.807, 2.05) is 0 Å². The van der Waals surface area contributed by atoms with E-state index in [0.29, 0.717) is 29.4 Å². The smallest absolute Gasteiger partial charge is 0.321 e. The van der Waals surface area contributed by atoms with E-state index >= 15 is 0 Å². The van der Waals surface area contributed by atoms with Crippen molar-refractivity contribution in [2.24, 2.45) is 0 Å². The normalized spacial score (nSPS) is 13.5. The first-order valence-corrected chi connectivity index (χ1v) is 8.80. The second kappa shape index (κ2) is 7.83. The summed E-state index contributed by atoms with van der Waals surface area (Å²) in [5, 5.41) is 16.6. The van der Waals surface area contributed by atoms with Crippen LogP contribution in [0.2, 0.25) is 0 Å². The fraction of sp³-hybridized carbons (Fsp3) is 0.300. The molecule has 0 unspecified atom stereocenters. The van der Waals surface area contributed by atoms with Gasteiger partial charge in [-0.3, -0.25) is 9.48 Å². The molecule has 0 saturated heterocycles. The van der Waals surface area contributed by atoms with Gasteiger partial charge in [0, 0.05) is 24.6 Å². The number of ether oxygens (including phenoxy) is 1. The average Bonchev–Trinajstić information content (AvgIpc) is 3.10. The molecule has 2 heterocycles. The summed E-state index contributed by atoms with van der Waals surface area (Å²) in [7, 11) is 1.49. The predicted octanol–water partition coefficient (Wildman–Crippen LogP) is 3.06. The molecule has 9 heteroatoms. The number of hydrogen-bond donors (Lipinski definition) is 1. The summed E-state index contributed by atoms with van der Waals surface area (Å²) in [4.78, 5) is 16.0. The van der Waals surface area contributed by atoms with Gasteiger partial charge in [0.25, 0.3) is 5.91 Å². The fourth-order valence-electron chi connectivity index (χ4n) is 3.09. The number of nitrogens with one attached hydrogen (secondary N) is 1. The van der Waals surface area contributed by atoms with E-state index in [4.69, 9.17) is 10.00 Å². The third-order valence-corrected chi connectivity index (χ3v) is 4.53. The molecule has 3 rings (SSSR count). The van der Waals surface area contributed by atoms with E-state index in [-0.39, 0.29) is 0 Å². The Kier molecular flexibility index (Phi) is 5.46. The zero-order valence-corrected chi connectivity index (χ0v) is 16.1. The number of aromatic nitrogens is 3. The average molecular weight is 399 g/mol. The summed E-state index contributed by atoms with van der Waals surface area (Å²) in [6, 6.07) is 9.15. The van der Waals surface area contributed by atoms with Crippen LogP contribution in [0.15, 0.2) is 42.7 Å². The molecule has 0 bridgehead atoms. The Bertz CT molecular complexity index is 1070. The number of carbonyl (C=O) groups excluding carboxylic acids is 1. The molecule has 150 valence electrons. The van der Waals surface area contributed by atoms with E-state index in [9.17, 15) is 13.6 Å². The monoisotopic (exact) mass is 399 g/mol. The van der Waals surface area contributed by atoms with Gasteiger partial charge < -0.3 is 10.1 Å².